The van der Waals surface area contributed by atoms with E-state index in [-0.39, 0.29) is 17.7 Å². The van der Waals surface area contributed by atoms with Gasteiger partial charge in [0.25, 0.3) is 0 Å². The second kappa shape index (κ2) is 6.99. The molecule has 3 rings (SSSR count). The Morgan fingerprint density at radius 3 is 2.64 bits per heavy atom. The molecule has 3 fully saturated rings. The first kappa shape index (κ1) is 15.8. The van der Waals surface area contributed by atoms with Gasteiger partial charge in [0.05, 0.1) is 12.5 Å². The van der Waals surface area contributed by atoms with Gasteiger partial charge in [-0.1, -0.05) is 0 Å². The Morgan fingerprint density at radius 2 is 1.95 bits per heavy atom. The van der Waals surface area contributed by atoms with E-state index in [1.807, 2.05) is 0 Å². The van der Waals surface area contributed by atoms with Crippen LogP contribution in [-0.4, -0.2) is 48.9 Å². The SMILES string of the molecule is C[C@@H](NC(=O)CN1CCC[C@H](C(=O)NCC2CC2)C1)C1CC1. The lowest BCUT2D eigenvalue weighted by Gasteiger charge is -2.31. The molecule has 2 aliphatic carbocycles. The Balaban J connectivity index is 1.39. The van der Waals surface area contributed by atoms with E-state index in [0.29, 0.717) is 18.5 Å². The normalized spacial score (nSPS) is 27.2. The minimum absolute atomic E-state index is 0.0566. The molecular weight excluding hydrogens is 278 g/mol. The van der Waals surface area contributed by atoms with Crippen molar-refractivity contribution in [2.45, 2.75) is 51.5 Å². The maximum atomic E-state index is 12.2. The molecule has 2 atom stereocenters. The van der Waals surface area contributed by atoms with E-state index in [9.17, 15) is 9.59 Å². The van der Waals surface area contributed by atoms with Crippen molar-refractivity contribution < 1.29 is 9.59 Å². The Bertz CT molecular complexity index is 418. The molecule has 2 amide bonds. The minimum atomic E-state index is 0.0566. The molecule has 1 saturated heterocycles. The Hall–Kier alpha value is -1.10. The first-order valence-electron chi connectivity index (χ1n) is 8.91. The largest absolute Gasteiger partial charge is 0.356 e. The maximum Gasteiger partial charge on any atom is 0.234 e. The number of carbonyl (C=O) groups is 2. The summed E-state index contributed by atoms with van der Waals surface area (Å²) in [5.41, 5.74) is 0. The van der Waals surface area contributed by atoms with Gasteiger partial charge in [-0.05, 0) is 63.8 Å². The van der Waals surface area contributed by atoms with Crippen LogP contribution in [0.2, 0.25) is 0 Å². The number of piperidine rings is 1. The lowest BCUT2D eigenvalue weighted by Crippen LogP contribution is -2.48. The summed E-state index contributed by atoms with van der Waals surface area (Å²) in [4.78, 5) is 26.4. The van der Waals surface area contributed by atoms with Crippen LogP contribution in [0.4, 0.5) is 0 Å². The lowest BCUT2D eigenvalue weighted by atomic mass is 9.97. The average Bonchev–Trinajstić information content (AvgIpc) is 3.38. The van der Waals surface area contributed by atoms with E-state index >= 15 is 0 Å². The standard InChI is InChI=1S/C17H29N3O2/c1-12(14-6-7-14)19-16(21)11-20-8-2-3-15(10-20)17(22)18-9-13-4-5-13/h12-15H,2-11H2,1H3,(H,18,22)(H,19,21)/t12-,15+/m1/s1. The van der Waals surface area contributed by atoms with Gasteiger partial charge in [-0.15, -0.1) is 0 Å². The molecule has 124 valence electrons. The summed E-state index contributed by atoms with van der Waals surface area (Å²) in [6, 6.07) is 0.301. The molecule has 0 radical (unpaired) electrons. The molecule has 22 heavy (non-hydrogen) atoms. The first-order chi connectivity index (χ1) is 10.6. The number of likely N-dealkylation sites (tertiary alicyclic amines) is 1. The van der Waals surface area contributed by atoms with Crippen LogP contribution < -0.4 is 10.6 Å². The summed E-state index contributed by atoms with van der Waals surface area (Å²) in [5.74, 6) is 1.76. The third-order valence-electron chi connectivity index (χ3n) is 5.22. The molecule has 0 aromatic rings. The molecule has 0 aromatic carbocycles. The average molecular weight is 307 g/mol. The Kier molecular flexibility index (Phi) is 5.01. The second-order valence-electron chi connectivity index (χ2n) is 7.46. The van der Waals surface area contributed by atoms with Gasteiger partial charge in [-0.25, -0.2) is 0 Å². The maximum absolute atomic E-state index is 12.2. The van der Waals surface area contributed by atoms with Gasteiger partial charge in [0, 0.05) is 19.1 Å². The number of hydrogen-bond donors (Lipinski definition) is 2. The smallest absolute Gasteiger partial charge is 0.234 e. The number of nitrogens with zero attached hydrogens (tertiary/aromatic N) is 1. The van der Waals surface area contributed by atoms with Crippen molar-refractivity contribution in [1.29, 1.82) is 0 Å². The lowest BCUT2D eigenvalue weighted by molar-refractivity contribution is -0.129. The molecule has 2 N–H and O–H groups in total. The molecule has 0 aromatic heterocycles. The van der Waals surface area contributed by atoms with Crippen LogP contribution >= 0.6 is 0 Å². The highest BCUT2D eigenvalue weighted by molar-refractivity contribution is 5.80. The number of rotatable bonds is 7. The van der Waals surface area contributed by atoms with Crippen LogP contribution in [0.1, 0.15) is 45.4 Å². The fraction of sp³-hybridized carbons (Fsp3) is 0.882. The van der Waals surface area contributed by atoms with Crippen LogP contribution in [0.3, 0.4) is 0 Å². The molecule has 2 saturated carbocycles. The Morgan fingerprint density at radius 1 is 1.18 bits per heavy atom. The van der Waals surface area contributed by atoms with Crippen molar-refractivity contribution in [3.05, 3.63) is 0 Å². The predicted octanol–water partition coefficient (Wildman–Crippen LogP) is 1.14. The van der Waals surface area contributed by atoms with Crippen LogP contribution in [0.25, 0.3) is 0 Å². The summed E-state index contributed by atoms with van der Waals surface area (Å²) < 4.78 is 0. The first-order valence-corrected chi connectivity index (χ1v) is 8.91. The summed E-state index contributed by atoms with van der Waals surface area (Å²) in [5, 5.41) is 6.18. The van der Waals surface area contributed by atoms with Crippen molar-refractivity contribution in [3.63, 3.8) is 0 Å². The second-order valence-corrected chi connectivity index (χ2v) is 7.46. The minimum Gasteiger partial charge on any atom is -0.356 e. The highest BCUT2D eigenvalue weighted by atomic mass is 16.2. The van der Waals surface area contributed by atoms with E-state index in [2.05, 4.69) is 22.5 Å². The molecule has 5 nitrogen and oxygen atoms in total. The van der Waals surface area contributed by atoms with Crippen LogP contribution in [0, 0.1) is 17.8 Å². The van der Waals surface area contributed by atoms with Gasteiger partial charge < -0.3 is 10.6 Å². The van der Waals surface area contributed by atoms with Crippen molar-refractivity contribution in [2.24, 2.45) is 17.8 Å². The number of amides is 2. The van der Waals surface area contributed by atoms with Crippen molar-refractivity contribution >= 4 is 11.8 Å². The van der Waals surface area contributed by atoms with Gasteiger partial charge >= 0.3 is 0 Å². The number of hydrogen-bond acceptors (Lipinski definition) is 3. The molecule has 5 heteroatoms. The van der Waals surface area contributed by atoms with Gasteiger partial charge in [0.1, 0.15) is 0 Å². The monoisotopic (exact) mass is 307 g/mol. The summed E-state index contributed by atoms with van der Waals surface area (Å²) >= 11 is 0. The van der Waals surface area contributed by atoms with Crippen LogP contribution in [0.15, 0.2) is 0 Å². The van der Waals surface area contributed by atoms with Crippen molar-refractivity contribution in [3.8, 4) is 0 Å². The van der Waals surface area contributed by atoms with E-state index in [1.54, 1.807) is 0 Å². The molecular formula is C17H29N3O2. The highest BCUT2D eigenvalue weighted by Gasteiger charge is 2.31. The summed E-state index contributed by atoms with van der Waals surface area (Å²) in [6.45, 7) is 5.03. The molecule has 0 bridgehead atoms. The zero-order valence-corrected chi connectivity index (χ0v) is 13.6. The molecule has 0 unspecified atom stereocenters. The van der Waals surface area contributed by atoms with Crippen molar-refractivity contribution in [1.82, 2.24) is 15.5 Å². The van der Waals surface area contributed by atoms with Gasteiger partial charge in [-0.2, -0.15) is 0 Å². The van der Waals surface area contributed by atoms with Gasteiger partial charge in [0.2, 0.25) is 11.8 Å². The van der Waals surface area contributed by atoms with Gasteiger partial charge in [0.15, 0.2) is 0 Å². The predicted molar refractivity (Wildman–Crippen MR) is 85.2 cm³/mol. The van der Waals surface area contributed by atoms with Crippen LogP contribution in [0.5, 0.6) is 0 Å². The third kappa shape index (κ3) is 4.70. The summed E-state index contributed by atoms with van der Waals surface area (Å²) in [7, 11) is 0. The van der Waals surface area contributed by atoms with Crippen LogP contribution in [-0.2, 0) is 9.59 Å². The highest BCUT2D eigenvalue weighted by Crippen LogP contribution is 2.32. The van der Waals surface area contributed by atoms with E-state index < -0.39 is 0 Å². The number of nitrogens with one attached hydrogen (secondary N) is 2. The molecule has 1 heterocycles. The molecule has 3 aliphatic rings. The molecule has 0 spiro atoms. The molecule has 1 aliphatic heterocycles. The van der Waals surface area contributed by atoms with E-state index in [0.717, 1.165) is 38.4 Å². The van der Waals surface area contributed by atoms with Crippen molar-refractivity contribution in [2.75, 3.05) is 26.2 Å². The topological polar surface area (TPSA) is 61.4 Å². The zero-order chi connectivity index (χ0) is 15.5. The van der Waals surface area contributed by atoms with E-state index in [4.69, 9.17) is 0 Å². The fourth-order valence-corrected chi connectivity index (χ4v) is 3.34. The quantitative estimate of drug-likeness (QED) is 0.741. The fourth-order valence-electron chi connectivity index (χ4n) is 3.34. The van der Waals surface area contributed by atoms with E-state index in [1.165, 1.54) is 25.7 Å². The Labute approximate surface area is 133 Å². The third-order valence-corrected chi connectivity index (χ3v) is 5.22. The zero-order valence-electron chi connectivity index (χ0n) is 13.6. The number of carbonyl (C=O) groups excluding carboxylic acids is 2. The van der Waals surface area contributed by atoms with Gasteiger partial charge in [-0.3, -0.25) is 14.5 Å². The summed E-state index contributed by atoms with van der Waals surface area (Å²) in [6.07, 6.45) is 6.97.